The predicted octanol–water partition coefficient (Wildman–Crippen LogP) is 1.77. The Balaban J connectivity index is 1.61. The molecule has 1 saturated heterocycles. The van der Waals surface area contributed by atoms with Gasteiger partial charge in [-0.1, -0.05) is 0 Å². The Morgan fingerprint density at radius 3 is 2.71 bits per heavy atom. The molecule has 2 aromatic heterocycles. The molecule has 3 heterocycles. The van der Waals surface area contributed by atoms with Crippen molar-refractivity contribution in [3.05, 3.63) is 35.4 Å². The first kappa shape index (κ1) is 14.4. The molecule has 8 heteroatoms. The number of aromatic nitrogens is 2. The van der Waals surface area contributed by atoms with Crippen molar-refractivity contribution in [2.75, 3.05) is 13.1 Å². The Morgan fingerprint density at radius 2 is 2.10 bits per heavy atom. The van der Waals surface area contributed by atoms with E-state index in [-0.39, 0.29) is 6.10 Å². The molecule has 1 aliphatic heterocycles. The van der Waals surface area contributed by atoms with Crippen LogP contribution in [0.5, 0.6) is 5.88 Å². The van der Waals surface area contributed by atoms with Crippen molar-refractivity contribution >= 4 is 21.4 Å². The van der Waals surface area contributed by atoms with E-state index in [4.69, 9.17) is 4.74 Å². The van der Waals surface area contributed by atoms with Crippen molar-refractivity contribution in [2.24, 2.45) is 0 Å². The van der Waals surface area contributed by atoms with Crippen molar-refractivity contribution in [2.45, 2.75) is 23.8 Å². The smallest absolute Gasteiger partial charge is 0.243 e. The summed E-state index contributed by atoms with van der Waals surface area (Å²) >= 11 is 1.39. The van der Waals surface area contributed by atoms with Gasteiger partial charge < -0.3 is 4.74 Å². The molecule has 0 saturated carbocycles. The molecule has 1 aliphatic rings. The molecule has 1 fully saturated rings. The first-order valence-electron chi connectivity index (χ1n) is 6.61. The van der Waals surface area contributed by atoms with Crippen molar-refractivity contribution in [3.63, 3.8) is 0 Å². The van der Waals surface area contributed by atoms with Gasteiger partial charge in [-0.15, -0.1) is 0 Å². The Kier molecular flexibility index (Phi) is 4.18. The quantitative estimate of drug-likeness (QED) is 0.856. The number of nitrogens with zero attached hydrogens (tertiary/aromatic N) is 3. The normalized spacial score (nSPS) is 17.7. The van der Waals surface area contributed by atoms with Gasteiger partial charge in [0, 0.05) is 30.9 Å². The number of ether oxygens (including phenoxy) is 1. The van der Waals surface area contributed by atoms with Crippen LogP contribution in [0.3, 0.4) is 0 Å². The maximum Gasteiger partial charge on any atom is 0.243 e. The molecule has 3 rings (SSSR count). The van der Waals surface area contributed by atoms with E-state index in [1.54, 1.807) is 35.4 Å². The summed E-state index contributed by atoms with van der Waals surface area (Å²) in [6.45, 7) is 0.923. The van der Waals surface area contributed by atoms with E-state index in [1.165, 1.54) is 15.6 Å². The average Bonchev–Trinajstić information content (AvgIpc) is 3.04. The molecule has 0 unspecified atom stereocenters. The van der Waals surface area contributed by atoms with E-state index in [0.717, 1.165) is 0 Å². The molecule has 0 amide bonds. The largest absolute Gasteiger partial charge is 0.473 e. The Bertz CT molecular complexity index is 666. The van der Waals surface area contributed by atoms with Gasteiger partial charge in [-0.2, -0.15) is 15.6 Å². The Labute approximate surface area is 127 Å². The maximum atomic E-state index is 12.4. The van der Waals surface area contributed by atoms with Gasteiger partial charge in [-0.25, -0.2) is 13.4 Å². The molecule has 21 heavy (non-hydrogen) atoms. The second-order valence-electron chi connectivity index (χ2n) is 4.72. The number of sulfonamides is 1. The fourth-order valence-corrected chi connectivity index (χ4v) is 4.74. The van der Waals surface area contributed by atoms with Crippen LogP contribution in [0.4, 0.5) is 0 Å². The van der Waals surface area contributed by atoms with E-state index in [9.17, 15) is 8.42 Å². The lowest BCUT2D eigenvalue weighted by Crippen LogP contribution is -2.41. The van der Waals surface area contributed by atoms with E-state index >= 15 is 0 Å². The van der Waals surface area contributed by atoms with E-state index < -0.39 is 10.0 Å². The topological polar surface area (TPSA) is 72.4 Å². The minimum Gasteiger partial charge on any atom is -0.473 e. The Morgan fingerprint density at radius 1 is 1.29 bits per heavy atom. The van der Waals surface area contributed by atoms with Gasteiger partial charge in [0.1, 0.15) is 6.10 Å². The summed E-state index contributed by atoms with van der Waals surface area (Å²) in [5.74, 6) is 0.483. The number of piperidine rings is 1. The van der Waals surface area contributed by atoms with Crippen LogP contribution in [-0.2, 0) is 10.0 Å². The zero-order valence-corrected chi connectivity index (χ0v) is 12.9. The standard InChI is InChI=1S/C13H15N3O3S2/c17-21(18,12-3-8-20-10-12)16-6-1-11(2-7-16)19-13-9-14-4-5-15-13/h3-5,8-11H,1-2,6-7H2. The molecule has 0 spiro atoms. The van der Waals surface area contributed by atoms with Crippen LogP contribution < -0.4 is 4.74 Å². The second-order valence-corrected chi connectivity index (χ2v) is 7.44. The van der Waals surface area contributed by atoms with Crippen LogP contribution in [-0.4, -0.2) is 41.9 Å². The zero-order valence-electron chi connectivity index (χ0n) is 11.3. The lowest BCUT2D eigenvalue weighted by molar-refractivity contribution is 0.129. The van der Waals surface area contributed by atoms with Crippen molar-refractivity contribution in [1.29, 1.82) is 0 Å². The second kappa shape index (κ2) is 6.08. The number of hydrogen-bond donors (Lipinski definition) is 0. The first-order chi connectivity index (χ1) is 10.2. The highest BCUT2D eigenvalue weighted by molar-refractivity contribution is 7.89. The number of hydrogen-bond acceptors (Lipinski definition) is 6. The third-order valence-electron chi connectivity index (χ3n) is 3.36. The highest BCUT2D eigenvalue weighted by atomic mass is 32.2. The SMILES string of the molecule is O=S(=O)(c1ccsc1)N1CCC(Oc2cnccn2)CC1. The van der Waals surface area contributed by atoms with Crippen molar-refractivity contribution in [1.82, 2.24) is 14.3 Å². The van der Waals surface area contributed by atoms with Crippen molar-refractivity contribution in [3.8, 4) is 5.88 Å². The lowest BCUT2D eigenvalue weighted by atomic mass is 10.1. The van der Waals surface area contributed by atoms with Crippen molar-refractivity contribution < 1.29 is 13.2 Å². The summed E-state index contributed by atoms with van der Waals surface area (Å²) in [5, 5.41) is 3.44. The van der Waals surface area contributed by atoms with Gasteiger partial charge in [0.25, 0.3) is 0 Å². The van der Waals surface area contributed by atoms with Gasteiger partial charge in [0.15, 0.2) is 0 Å². The summed E-state index contributed by atoms with van der Waals surface area (Å²) < 4.78 is 32.0. The molecular formula is C13H15N3O3S2. The molecule has 2 aromatic rings. The predicted molar refractivity (Wildman–Crippen MR) is 78.8 cm³/mol. The van der Waals surface area contributed by atoms with Crippen LogP contribution in [0.25, 0.3) is 0 Å². The fourth-order valence-electron chi connectivity index (χ4n) is 2.26. The molecule has 112 valence electrons. The highest BCUT2D eigenvalue weighted by Gasteiger charge is 2.30. The average molecular weight is 325 g/mol. The minimum atomic E-state index is -3.35. The van der Waals surface area contributed by atoms with Gasteiger partial charge in [0.2, 0.25) is 15.9 Å². The van der Waals surface area contributed by atoms with Crippen LogP contribution in [0.1, 0.15) is 12.8 Å². The third-order valence-corrected chi connectivity index (χ3v) is 6.09. The zero-order chi connectivity index (χ0) is 14.7. The molecule has 0 atom stereocenters. The first-order valence-corrected chi connectivity index (χ1v) is 8.99. The summed E-state index contributed by atoms with van der Waals surface area (Å²) in [5.41, 5.74) is 0. The molecular weight excluding hydrogens is 310 g/mol. The third kappa shape index (κ3) is 3.22. The molecule has 0 aromatic carbocycles. The molecule has 0 aliphatic carbocycles. The van der Waals surface area contributed by atoms with Gasteiger partial charge in [-0.05, 0) is 24.3 Å². The van der Waals surface area contributed by atoms with E-state index in [0.29, 0.717) is 36.7 Å². The molecule has 0 radical (unpaired) electrons. The minimum absolute atomic E-state index is 0.0179. The summed E-state index contributed by atoms with van der Waals surface area (Å²) in [6.07, 6.45) is 6.01. The number of rotatable bonds is 4. The highest BCUT2D eigenvalue weighted by Crippen LogP contribution is 2.24. The molecule has 0 bridgehead atoms. The van der Waals surface area contributed by atoms with Gasteiger partial charge >= 0.3 is 0 Å². The van der Waals surface area contributed by atoms with E-state index in [2.05, 4.69) is 9.97 Å². The maximum absolute atomic E-state index is 12.4. The summed E-state index contributed by atoms with van der Waals surface area (Å²) in [7, 11) is -3.35. The van der Waals surface area contributed by atoms with Crippen LogP contribution in [0.2, 0.25) is 0 Å². The van der Waals surface area contributed by atoms with Crippen LogP contribution in [0, 0.1) is 0 Å². The Hall–Kier alpha value is -1.51. The molecule has 0 N–H and O–H groups in total. The monoisotopic (exact) mass is 325 g/mol. The summed E-state index contributed by atoms with van der Waals surface area (Å²) in [4.78, 5) is 8.39. The lowest BCUT2D eigenvalue weighted by Gasteiger charge is -2.30. The van der Waals surface area contributed by atoms with E-state index in [1.807, 2.05) is 0 Å². The number of thiophene rings is 1. The van der Waals surface area contributed by atoms with Crippen LogP contribution in [0.15, 0.2) is 40.3 Å². The summed E-state index contributed by atoms with van der Waals surface area (Å²) in [6, 6.07) is 1.64. The van der Waals surface area contributed by atoms with Gasteiger partial charge in [0.05, 0.1) is 11.1 Å². The van der Waals surface area contributed by atoms with Crippen LogP contribution >= 0.6 is 11.3 Å². The molecule has 6 nitrogen and oxygen atoms in total. The fraction of sp³-hybridized carbons (Fsp3) is 0.385. The van der Waals surface area contributed by atoms with Gasteiger partial charge in [-0.3, -0.25) is 4.98 Å².